The van der Waals surface area contributed by atoms with Crippen molar-refractivity contribution in [3.05, 3.63) is 76.1 Å². The molecule has 0 saturated carbocycles. The van der Waals surface area contributed by atoms with E-state index < -0.39 is 17.5 Å². The van der Waals surface area contributed by atoms with E-state index in [1.807, 2.05) is 30.3 Å². The second-order valence-electron chi connectivity index (χ2n) is 7.67. The molecule has 2 atom stereocenters. The van der Waals surface area contributed by atoms with E-state index in [1.165, 1.54) is 0 Å². The fourth-order valence-electron chi connectivity index (χ4n) is 4.21. The number of carbonyl (C=O) groups excluding carboxylic acids is 1. The Balaban J connectivity index is 1.87. The van der Waals surface area contributed by atoms with Gasteiger partial charge in [-0.3, -0.25) is 9.69 Å². The monoisotopic (exact) mass is 407 g/mol. The minimum Gasteiger partial charge on any atom is -0.507 e. The van der Waals surface area contributed by atoms with Crippen molar-refractivity contribution in [1.82, 2.24) is 4.90 Å². The van der Waals surface area contributed by atoms with Crippen LogP contribution in [0.25, 0.3) is 11.0 Å². The standard InChI is InChI=1S/C24H25NO5/c1-16(26)19(15-25-11-13-29-14-12-25)21(17-7-3-2-4-8-17)22-23(27)18-9-5-6-10-20(18)30-24(22)28/h2-10,19,21,27H,11-15H2,1H3/t19-,21-/m1/s1. The van der Waals surface area contributed by atoms with Gasteiger partial charge in [-0.05, 0) is 24.6 Å². The highest BCUT2D eigenvalue weighted by molar-refractivity contribution is 5.86. The summed E-state index contributed by atoms with van der Waals surface area (Å²) in [4.78, 5) is 28.0. The number of Topliss-reactive ketones (excluding diaryl/α,β-unsaturated/α-hetero) is 1. The van der Waals surface area contributed by atoms with Crippen LogP contribution >= 0.6 is 0 Å². The predicted molar refractivity (Wildman–Crippen MR) is 114 cm³/mol. The number of morpholine rings is 1. The van der Waals surface area contributed by atoms with Crippen LogP contribution in [0.3, 0.4) is 0 Å². The van der Waals surface area contributed by atoms with Crippen molar-refractivity contribution in [3.8, 4) is 5.75 Å². The molecule has 0 amide bonds. The molecule has 6 nitrogen and oxygen atoms in total. The van der Waals surface area contributed by atoms with Gasteiger partial charge in [0.15, 0.2) is 0 Å². The van der Waals surface area contributed by atoms with Crippen LogP contribution in [0, 0.1) is 5.92 Å². The lowest BCUT2D eigenvalue weighted by atomic mass is 9.78. The van der Waals surface area contributed by atoms with Crippen LogP contribution in [0.15, 0.2) is 63.8 Å². The molecule has 0 unspecified atom stereocenters. The molecule has 156 valence electrons. The molecular weight excluding hydrogens is 382 g/mol. The Morgan fingerprint density at radius 2 is 1.73 bits per heavy atom. The Hall–Kier alpha value is -2.96. The number of para-hydroxylation sites is 1. The first-order chi connectivity index (χ1) is 14.6. The van der Waals surface area contributed by atoms with Gasteiger partial charge in [0.1, 0.15) is 17.1 Å². The zero-order chi connectivity index (χ0) is 21.1. The third-order valence-electron chi connectivity index (χ3n) is 5.77. The molecule has 1 aromatic heterocycles. The summed E-state index contributed by atoms with van der Waals surface area (Å²) in [5.41, 5.74) is 0.633. The minimum absolute atomic E-state index is 0.0395. The van der Waals surface area contributed by atoms with Crippen molar-refractivity contribution in [3.63, 3.8) is 0 Å². The molecule has 2 heterocycles. The lowest BCUT2D eigenvalue weighted by molar-refractivity contribution is -0.122. The van der Waals surface area contributed by atoms with E-state index in [-0.39, 0.29) is 17.1 Å². The summed E-state index contributed by atoms with van der Waals surface area (Å²) >= 11 is 0. The van der Waals surface area contributed by atoms with Gasteiger partial charge in [0, 0.05) is 31.5 Å². The number of ketones is 1. The van der Waals surface area contributed by atoms with Crippen molar-refractivity contribution in [2.75, 3.05) is 32.8 Å². The number of hydrogen-bond acceptors (Lipinski definition) is 6. The minimum atomic E-state index is -0.618. The molecule has 0 aliphatic carbocycles. The predicted octanol–water partition coefficient (Wildman–Crippen LogP) is 3.17. The van der Waals surface area contributed by atoms with E-state index in [1.54, 1.807) is 31.2 Å². The lowest BCUT2D eigenvalue weighted by Gasteiger charge is -2.33. The average molecular weight is 407 g/mol. The van der Waals surface area contributed by atoms with E-state index in [0.29, 0.717) is 30.7 Å². The summed E-state index contributed by atoms with van der Waals surface area (Å²) in [5.74, 6) is -1.29. The fraction of sp³-hybridized carbons (Fsp3) is 0.333. The van der Waals surface area contributed by atoms with Crippen molar-refractivity contribution >= 4 is 16.8 Å². The third kappa shape index (κ3) is 4.01. The van der Waals surface area contributed by atoms with E-state index in [2.05, 4.69) is 4.90 Å². The van der Waals surface area contributed by atoms with Crippen molar-refractivity contribution < 1.29 is 19.1 Å². The Bertz CT molecular complexity index is 1090. The first-order valence-electron chi connectivity index (χ1n) is 10.2. The second kappa shape index (κ2) is 8.81. The lowest BCUT2D eigenvalue weighted by Crippen LogP contribution is -2.43. The fourth-order valence-corrected chi connectivity index (χ4v) is 4.21. The number of nitrogens with zero attached hydrogens (tertiary/aromatic N) is 1. The van der Waals surface area contributed by atoms with E-state index in [9.17, 15) is 14.7 Å². The van der Waals surface area contributed by atoms with Gasteiger partial charge in [-0.25, -0.2) is 4.79 Å². The molecule has 4 rings (SSSR count). The van der Waals surface area contributed by atoms with Crippen LogP contribution in [0.1, 0.15) is 24.0 Å². The molecule has 1 aliphatic heterocycles. The third-order valence-corrected chi connectivity index (χ3v) is 5.77. The zero-order valence-electron chi connectivity index (χ0n) is 16.9. The van der Waals surface area contributed by atoms with Crippen LogP contribution in [-0.4, -0.2) is 48.6 Å². The first kappa shape index (κ1) is 20.3. The zero-order valence-corrected chi connectivity index (χ0v) is 16.9. The van der Waals surface area contributed by atoms with Gasteiger partial charge in [0.25, 0.3) is 0 Å². The van der Waals surface area contributed by atoms with Crippen molar-refractivity contribution in [2.45, 2.75) is 12.8 Å². The molecule has 6 heteroatoms. The number of carbonyl (C=O) groups is 1. The van der Waals surface area contributed by atoms with Crippen LogP contribution in [0.5, 0.6) is 5.75 Å². The van der Waals surface area contributed by atoms with Crippen molar-refractivity contribution in [1.29, 1.82) is 0 Å². The van der Waals surface area contributed by atoms with E-state index in [0.717, 1.165) is 18.7 Å². The quantitative estimate of drug-likeness (QED) is 0.633. The van der Waals surface area contributed by atoms with Crippen LogP contribution in [0.2, 0.25) is 0 Å². The van der Waals surface area contributed by atoms with Gasteiger partial charge in [0.05, 0.1) is 24.2 Å². The Kier molecular flexibility index (Phi) is 5.97. The van der Waals surface area contributed by atoms with E-state index in [4.69, 9.17) is 9.15 Å². The smallest absolute Gasteiger partial charge is 0.343 e. The Morgan fingerprint density at radius 3 is 2.43 bits per heavy atom. The molecule has 3 aromatic rings. The number of aromatic hydroxyl groups is 1. The summed E-state index contributed by atoms with van der Waals surface area (Å²) < 4.78 is 11.0. The molecule has 1 N–H and O–H groups in total. The normalized spacial score (nSPS) is 17.0. The largest absolute Gasteiger partial charge is 0.507 e. The summed E-state index contributed by atoms with van der Waals surface area (Å²) in [5, 5.41) is 11.6. The summed E-state index contributed by atoms with van der Waals surface area (Å²) in [6, 6.07) is 16.3. The highest BCUT2D eigenvalue weighted by Crippen LogP contribution is 2.39. The van der Waals surface area contributed by atoms with Gasteiger partial charge in [-0.15, -0.1) is 0 Å². The number of fused-ring (bicyclic) bond motifs is 1. The topological polar surface area (TPSA) is 80.0 Å². The van der Waals surface area contributed by atoms with Crippen LogP contribution in [0.4, 0.5) is 0 Å². The molecule has 1 saturated heterocycles. The molecule has 0 spiro atoms. The molecule has 1 aliphatic rings. The molecule has 30 heavy (non-hydrogen) atoms. The van der Waals surface area contributed by atoms with Gasteiger partial charge in [0.2, 0.25) is 0 Å². The first-order valence-corrected chi connectivity index (χ1v) is 10.2. The SMILES string of the molecule is CC(=O)[C@@H](CN1CCOCC1)[C@@H](c1ccccc1)c1c(O)c2ccccc2oc1=O. The molecule has 0 radical (unpaired) electrons. The van der Waals surface area contributed by atoms with Crippen LogP contribution < -0.4 is 5.63 Å². The highest BCUT2D eigenvalue weighted by atomic mass is 16.5. The molecule has 0 bridgehead atoms. The van der Waals surface area contributed by atoms with Gasteiger partial charge in [-0.1, -0.05) is 42.5 Å². The maximum absolute atomic E-state index is 13.0. The Morgan fingerprint density at radius 1 is 1.07 bits per heavy atom. The summed E-state index contributed by atoms with van der Waals surface area (Å²) in [7, 11) is 0. The van der Waals surface area contributed by atoms with Gasteiger partial charge < -0.3 is 14.3 Å². The maximum Gasteiger partial charge on any atom is 0.343 e. The van der Waals surface area contributed by atoms with E-state index >= 15 is 0 Å². The number of rotatable bonds is 6. The average Bonchev–Trinajstić information content (AvgIpc) is 2.76. The van der Waals surface area contributed by atoms with Gasteiger partial charge in [-0.2, -0.15) is 0 Å². The molecule has 1 fully saturated rings. The number of hydrogen-bond donors (Lipinski definition) is 1. The molecule has 2 aromatic carbocycles. The number of ether oxygens (including phenoxy) is 1. The van der Waals surface area contributed by atoms with Gasteiger partial charge >= 0.3 is 5.63 Å². The summed E-state index contributed by atoms with van der Waals surface area (Å²) in [6.07, 6.45) is 0. The van der Waals surface area contributed by atoms with Crippen LogP contribution in [-0.2, 0) is 9.53 Å². The molecular formula is C24H25NO5. The number of benzene rings is 2. The highest BCUT2D eigenvalue weighted by Gasteiger charge is 2.35. The second-order valence-corrected chi connectivity index (χ2v) is 7.67. The van der Waals surface area contributed by atoms with Crippen molar-refractivity contribution in [2.24, 2.45) is 5.92 Å². The summed E-state index contributed by atoms with van der Waals surface area (Å²) in [6.45, 7) is 4.70. The maximum atomic E-state index is 13.0. The Labute approximate surface area is 174 Å².